The molecule has 1 saturated heterocycles. The maximum atomic E-state index is 12.8. The van der Waals surface area contributed by atoms with E-state index in [-0.39, 0.29) is 24.7 Å². The highest BCUT2D eigenvalue weighted by Crippen LogP contribution is 2.33. The molecule has 0 saturated carbocycles. The predicted molar refractivity (Wildman–Crippen MR) is 81.7 cm³/mol. The summed E-state index contributed by atoms with van der Waals surface area (Å²) in [6.07, 6.45) is 1.96. The van der Waals surface area contributed by atoms with E-state index in [2.05, 4.69) is 11.9 Å². The maximum Gasteiger partial charge on any atom is 0.262 e. The second-order valence-corrected chi connectivity index (χ2v) is 5.74. The highest BCUT2D eigenvalue weighted by Gasteiger charge is 2.45. The van der Waals surface area contributed by atoms with E-state index in [0.717, 1.165) is 4.90 Å². The number of carbonyl (C=O) groups is 4. The van der Waals surface area contributed by atoms with Gasteiger partial charge >= 0.3 is 0 Å². The number of amides is 4. The van der Waals surface area contributed by atoms with Crippen LogP contribution in [-0.2, 0) is 9.59 Å². The summed E-state index contributed by atoms with van der Waals surface area (Å²) in [5, 5.41) is 2.18. The topological polar surface area (TPSA) is 83.6 Å². The minimum atomic E-state index is -0.938. The molecule has 2 atom stereocenters. The fourth-order valence-corrected chi connectivity index (χ4v) is 3.05. The Morgan fingerprint density at radius 1 is 1.26 bits per heavy atom. The molecule has 118 valence electrons. The molecule has 6 heteroatoms. The van der Waals surface area contributed by atoms with Crippen molar-refractivity contribution in [2.45, 2.75) is 31.7 Å². The summed E-state index contributed by atoms with van der Waals surface area (Å²) >= 11 is 0. The second-order valence-electron chi connectivity index (χ2n) is 5.74. The van der Waals surface area contributed by atoms with Crippen LogP contribution in [0.3, 0.4) is 0 Å². The van der Waals surface area contributed by atoms with Gasteiger partial charge in [-0.3, -0.25) is 29.4 Å². The highest BCUT2D eigenvalue weighted by molar-refractivity contribution is 6.24. The molecule has 0 radical (unpaired) electrons. The molecule has 3 rings (SSSR count). The lowest BCUT2D eigenvalue weighted by Gasteiger charge is -2.27. The van der Waals surface area contributed by atoms with Gasteiger partial charge in [0.25, 0.3) is 11.8 Å². The van der Waals surface area contributed by atoms with Crippen LogP contribution < -0.4 is 5.32 Å². The third kappa shape index (κ3) is 2.27. The summed E-state index contributed by atoms with van der Waals surface area (Å²) in [6, 6.07) is 4.14. The van der Waals surface area contributed by atoms with Gasteiger partial charge in [-0.1, -0.05) is 25.1 Å². The van der Waals surface area contributed by atoms with Gasteiger partial charge in [0.1, 0.15) is 6.04 Å². The number of imide groups is 2. The first kappa shape index (κ1) is 15.1. The fourth-order valence-electron chi connectivity index (χ4n) is 3.05. The van der Waals surface area contributed by atoms with Crippen molar-refractivity contribution in [2.24, 2.45) is 0 Å². The van der Waals surface area contributed by atoms with Crippen molar-refractivity contribution in [2.75, 3.05) is 0 Å². The van der Waals surface area contributed by atoms with E-state index in [4.69, 9.17) is 0 Å². The first-order chi connectivity index (χ1) is 11.0. The smallest absolute Gasteiger partial charge is 0.262 e. The maximum absolute atomic E-state index is 12.8. The standard InChI is InChI=1S/C17H16N2O4/c1-3-9(2)10-5-4-6-11-14(10)17(23)19(16(11)22)12-7-8-13(20)18-15(12)21/h3-6,9,12H,1,7-8H2,2H3,(H,18,20,21). The number of nitrogens with one attached hydrogen (secondary N) is 1. The molecule has 1 aromatic carbocycles. The Kier molecular flexibility index (Phi) is 3.60. The quantitative estimate of drug-likeness (QED) is 0.675. The molecule has 23 heavy (non-hydrogen) atoms. The molecular formula is C17H16N2O4. The van der Waals surface area contributed by atoms with Crippen LogP contribution in [0.15, 0.2) is 30.9 Å². The van der Waals surface area contributed by atoms with Crippen LogP contribution >= 0.6 is 0 Å². The Morgan fingerprint density at radius 3 is 2.65 bits per heavy atom. The van der Waals surface area contributed by atoms with E-state index < -0.39 is 23.8 Å². The van der Waals surface area contributed by atoms with Gasteiger partial charge in [-0.15, -0.1) is 6.58 Å². The van der Waals surface area contributed by atoms with Crippen molar-refractivity contribution in [3.8, 4) is 0 Å². The van der Waals surface area contributed by atoms with Gasteiger partial charge in [0.2, 0.25) is 11.8 Å². The molecule has 0 aromatic heterocycles. The number of nitrogens with zero attached hydrogens (tertiary/aromatic N) is 1. The Morgan fingerprint density at radius 2 is 2.00 bits per heavy atom. The molecule has 2 aliphatic heterocycles. The van der Waals surface area contributed by atoms with E-state index in [9.17, 15) is 19.2 Å². The number of hydrogen-bond donors (Lipinski definition) is 1. The molecule has 1 N–H and O–H groups in total. The summed E-state index contributed by atoms with van der Waals surface area (Å²) in [5.41, 5.74) is 1.34. The third-order valence-corrected chi connectivity index (χ3v) is 4.34. The molecular weight excluding hydrogens is 296 g/mol. The molecule has 4 amide bonds. The summed E-state index contributed by atoms with van der Waals surface area (Å²) in [7, 11) is 0. The van der Waals surface area contributed by atoms with Crippen molar-refractivity contribution >= 4 is 23.6 Å². The fraction of sp³-hybridized carbons (Fsp3) is 0.294. The summed E-state index contributed by atoms with van der Waals surface area (Å²) in [6.45, 7) is 5.61. The van der Waals surface area contributed by atoms with Gasteiger partial charge in [-0.2, -0.15) is 0 Å². The van der Waals surface area contributed by atoms with Gasteiger partial charge in [0, 0.05) is 6.42 Å². The monoisotopic (exact) mass is 312 g/mol. The van der Waals surface area contributed by atoms with Crippen molar-refractivity contribution in [1.82, 2.24) is 10.2 Å². The number of fused-ring (bicyclic) bond motifs is 1. The molecule has 1 aromatic rings. The molecule has 2 unspecified atom stereocenters. The lowest BCUT2D eigenvalue weighted by molar-refractivity contribution is -0.136. The normalized spacial score (nSPS) is 22.0. The Bertz CT molecular complexity index is 753. The van der Waals surface area contributed by atoms with Gasteiger partial charge in [0.05, 0.1) is 11.1 Å². The van der Waals surface area contributed by atoms with Crippen molar-refractivity contribution in [1.29, 1.82) is 0 Å². The molecule has 1 fully saturated rings. The molecule has 0 spiro atoms. The minimum Gasteiger partial charge on any atom is -0.295 e. The van der Waals surface area contributed by atoms with Crippen LogP contribution in [0.1, 0.15) is 52.0 Å². The lowest BCUT2D eigenvalue weighted by atomic mass is 9.93. The van der Waals surface area contributed by atoms with Gasteiger partial charge < -0.3 is 0 Å². The Balaban J connectivity index is 2.03. The highest BCUT2D eigenvalue weighted by atomic mass is 16.2. The van der Waals surface area contributed by atoms with Gasteiger partial charge in [-0.25, -0.2) is 0 Å². The van der Waals surface area contributed by atoms with E-state index in [1.165, 1.54) is 0 Å². The summed E-state index contributed by atoms with van der Waals surface area (Å²) in [4.78, 5) is 49.7. The third-order valence-electron chi connectivity index (χ3n) is 4.34. The molecule has 6 nitrogen and oxygen atoms in total. The van der Waals surface area contributed by atoms with Gasteiger partial charge in [-0.05, 0) is 24.0 Å². The number of rotatable bonds is 3. The Labute approximate surface area is 133 Å². The zero-order chi connectivity index (χ0) is 16.7. The van der Waals surface area contributed by atoms with Crippen LogP contribution in [0.5, 0.6) is 0 Å². The van der Waals surface area contributed by atoms with E-state index in [1.54, 1.807) is 24.3 Å². The van der Waals surface area contributed by atoms with Crippen molar-refractivity contribution in [3.63, 3.8) is 0 Å². The van der Waals surface area contributed by atoms with Crippen LogP contribution in [0, 0.1) is 0 Å². The average Bonchev–Trinajstić information content (AvgIpc) is 2.79. The predicted octanol–water partition coefficient (Wildman–Crippen LogP) is 1.38. The van der Waals surface area contributed by atoms with Crippen LogP contribution in [0.2, 0.25) is 0 Å². The van der Waals surface area contributed by atoms with Crippen molar-refractivity contribution < 1.29 is 19.2 Å². The van der Waals surface area contributed by atoms with E-state index >= 15 is 0 Å². The van der Waals surface area contributed by atoms with E-state index in [1.807, 2.05) is 6.92 Å². The first-order valence-corrected chi connectivity index (χ1v) is 7.42. The number of allylic oxidation sites excluding steroid dienone is 1. The summed E-state index contributed by atoms with van der Waals surface area (Å²) in [5.74, 6) is -2.05. The Hall–Kier alpha value is -2.76. The average molecular weight is 312 g/mol. The van der Waals surface area contributed by atoms with Crippen LogP contribution in [0.4, 0.5) is 0 Å². The molecule has 2 heterocycles. The summed E-state index contributed by atoms with van der Waals surface area (Å²) < 4.78 is 0. The molecule has 0 bridgehead atoms. The van der Waals surface area contributed by atoms with Crippen molar-refractivity contribution in [3.05, 3.63) is 47.5 Å². The van der Waals surface area contributed by atoms with E-state index in [0.29, 0.717) is 16.7 Å². The number of hydrogen-bond acceptors (Lipinski definition) is 4. The van der Waals surface area contributed by atoms with Crippen LogP contribution in [0.25, 0.3) is 0 Å². The molecule has 2 aliphatic rings. The largest absolute Gasteiger partial charge is 0.295 e. The SMILES string of the molecule is C=CC(C)c1cccc2c1C(=O)N(C1CCC(=O)NC1=O)C2=O. The van der Waals surface area contributed by atoms with Gasteiger partial charge in [0.15, 0.2) is 0 Å². The van der Waals surface area contributed by atoms with Crippen LogP contribution in [-0.4, -0.2) is 34.6 Å². The lowest BCUT2D eigenvalue weighted by Crippen LogP contribution is -2.54. The number of benzene rings is 1. The number of piperidine rings is 1. The first-order valence-electron chi connectivity index (χ1n) is 7.42. The number of carbonyl (C=O) groups excluding carboxylic acids is 4. The zero-order valence-corrected chi connectivity index (χ0v) is 12.7. The minimum absolute atomic E-state index is 0.0941. The zero-order valence-electron chi connectivity index (χ0n) is 12.7. The molecule has 0 aliphatic carbocycles. The second kappa shape index (κ2) is 5.46.